The van der Waals surface area contributed by atoms with E-state index in [-0.39, 0.29) is 5.56 Å². The van der Waals surface area contributed by atoms with E-state index in [0.717, 1.165) is 25.7 Å². The van der Waals surface area contributed by atoms with Gasteiger partial charge in [-0.15, -0.1) is 0 Å². The Labute approximate surface area is 149 Å². The molecule has 1 amide bonds. The Bertz CT molecular complexity index is 982. The molecular weight excluding hydrogens is 363 g/mol. The summed E-state index contributed by atoms with van der Waals surface area (Å²) < 4.78 is 43.3. The fourth-order valence-electron chi connectivity index (χ4n) is 3.51. The van der Waals surface area contributed by atoms with Gasteiger partial charge >= 0.3 is 10.2 Å². The monoisotopic (exact) mass is 380 g/mol. The molecule has 0 unspecified atom stereocenters. The smallest absolute Gasteiger partial charge is 0.326 e. The van der Waals surface area contributed by atoms with Crippen LogP contribution < -0.4 is 9.03 Å². The first-order valence-corrected chi connectivity index (χ1v) is 9.69. The summed E-state index contributed by atoms with van der Waals surface area (Å²) >= 11 is 0. The molecule has 2 aromatic rings. The number of aromatic hydroxyl groups is 1. The predicted molar refractivity (Wildman–Crippen MR) is 91.2 cm³/mol. The first kappa shape index (κ1) is 16.8. The van der Waals surface area contributed by atoms with E-state index < -0.39 is 39.9 Å². The number of carbonyl (C=O) groups excluding carboxylic acids is 1. The molecule has 0 bridgehead atoms. The normalized spacial score (nSPS) is 19.9. The SMILES string of the molecule is O=C1CN(c2c(O)ccc(-c3cn(C4CCCC4)cn3)c2F)S(=O)(=O)N1. The molecule has 2 fully saturated rings. The van der Waals surface area contributed by atoms with Crippen LogP contribution >= 0.6 is 0 Å². The van der Waals surface area contributed by atoms with Gasteiger partial charge in [-0.1, -0.05) is 12.8 Å². The first-order chi connectivity index (χ1) is 12.4. The van der Waals surface area contributed by atoms with Crippen LogP contribution in [-0.2, 0) is 15.0 Å². The summed E-state index contributed by atoms with van der Waals surface area (Å²) in [7, 11) is -4.23. The van der Waals surface area contributed by atoms with Gasteiger partial charge in [0.05, 0.1) is 12.0 Å². The molecule has 1 aliphatic heterocycles. The summed E-state index contributed by atoms with van der Waals surface area (Å²) in [6.45, 7) is -0.590. The number of rotatable bonds is 3. The van der Waals surface area contributed by atoms with Crippen LogP contribution in [0.3, 0.4) is 0 Å². The maximum atomic E-state index is 15.1. The lowest BCUT2D eigenvalue weighted by molar-refractivity contribution is -0.117. The van der Waals surface area contributed by atoms with Crippen LogP contribution in [0.15, 0.2) is 24.7 Å². The average molecular weight is 380 g/mol. The minimum absolute atomic E-state index is 0.0593. The molecule has 1 aromatic carbocycles. The quantitative estimate of drug-likeness (QED) is 0.843. The van der Waals surface area contributed by atoms with Crippen LogP contribution in [0.5, 0.6) is 5.75 Å². The third-order valence-corrected chi connectivity index (χ3v) is 6.17. The Morgan fingerprint density at radius 1 is 1.27 bits per heavy atom. The van der Waals surface area contributed by atoms with Crippen molar-refractivity contribution in [1.82, 2.24) is 14.3 Å². The van der Waals surface area contributed by atoms with Crippen molar-refractivity contribution in [2.45, 2.75) is 31.7 Å². The van der Waals surface area contributed by atoms with Gasteiger partial charge in [-0.05, 0) is 25.0 Å². The molecule has 26 heavy (non-hydrogen) atoms. The standard InChI is InChI=1S/C16H17FN4O4S/c17-15-11(12-7-20(9-18-12)10-3-1-2-4-10)5-6-13(22)16(15)21-8-14(23)19-26(21,24)25/h5-7,9-10,22H,1-4,8H2,(H,19,23). The number of hydrogen-bond acceptors (Lipinski definition) is 5. The second-order valence-corrected chi connectivity index (χ2v) is 8.07. The third-order valence-electron chi connectivity index (χ3n) is 4.79. The molecule has 2 aliphatic rings. The lowest BCUT2D eigenvalue weighted by Crippen LogP contribution is -2.30. The Hall–Kier alpha value is -2.62. The van der Waals surface area contributed by atoms with E-state index in [1.54, 1.807) is 17.2 Å². The van der Waals surface area contributed by atoms with Crippen LogP contribution in [0.25, 0.3) is 11.3 Å². The summed E-state index contributed by atoms with van der Waals surface area (Å²) in [5.41, 5.74) is -0.160. The van der Waals surface area contributed by atoms with Crippen molar-refractivity contribution in [2.75, 3.05) is 10.8 Å². The van der Waals surface area contributed by atoms with Gasteiger partial charge in [0, 0.05) is 17.8 Å². The van der Waals surface area contributed by atoms with E-state index in [2.05, 4.69) is 4.98 Å². The van der Waals surface area contributed by atoms with E-state index in [1.807, 2.05) is 4.57 Å². The maximum Gasteiger partial charge on any atom is 0.326 e. The fourth-order valence-corrected chi connectivity index (χ4v) is 4.68. The highest BCUT2D eigenvalue weighted by Gasteiger charge is 2.38. The topological polar surface area (TPSA) is 105 Å². The average Bonchev–Trinajstić information content (AvgIpc) is 3.28. The van der Waals surface area contributed by atoms with Crippen LogP contribution in [0.1, 0.15) is 31.7 Å². The number of hydrogen-bond donors (Lipinski definition) is 2. The lowest BCUT2D eigenvalue weighted by atomic mass is 10.1. The largest absolute Gasteiger partial charge is 0.506 e. The molecule has 0 atom stereocenters. The summed E-state index contributed by atoms with van der Waals surface area (Å²) in [6, 6.07) is 2.87. The Morgan fingerprint density at radius 3 is 2.65 bits per heavy atom. The van der Waals surface area contributed by atoms with Crippen LogP contribution in [0.4, 0.5) is 10.1 Å². The van der Waals surface area contributed by atoms with E-state index >= 15 is 4.39 Å². The van der Waals surface area contributed by atoms with E-state index in [0.29, 0.717) is 16.0 Å². The Balaban J connectivity index is 1.76. The maximum absolute atomic E-state index is 15.1. The number of carbonyl (C=O) groups is 1. The van der Waals surface area contributed by atoms with Crippen molar-refractivity contribution < 1.29 is 22.7 Å². The highest BCUT2D eigenvalue weighted by Crippen LogP contribution is 2.39. The number of anilines is 1. The van der Waals surface area contributed by atoms with Crippen LogP contribution in [0.2, 0.25) is 0 Å². The molecule has 8 nitrogen and oxygen atoms in total. The molecule has 1 aromatic heterocycles. The van der Waals surface area contributed by atoms with Crippen molar-refractivity contribution in [3.8, 4) is 17.0 Å². The molecule has 1 saturated carbocycles. The number of benzene rings is 1. The third kappa shape index (κ3) is 2.70. The number of phenols is 1. The molecular formula is C16H17FN4O4S. The minimum Gasteiger partial charge on any atom is -0.506 e. The number of nitrogens with one attached hydrogen (secondary N) is 1. The number of halogens is 1. The van der Waals surface area contributed by atoms with Crippen molar-refractivity contribution in [1.29, 1.82) is 0 Å². The molecule has 0 spiro atoms. The molecule has 10 heteroatoms. The number of imidazole rings is 1. The van der Waals surface area contributed by atoms with Gasteiger partial charge in [0.2, 0.25) is 0 Å². The second kappa shape index (κ2) is 5.97. The Kier molecular flexibility index (Phi) is 3.87. The van der Waals surface area contributed by atoms with E-state index in [4.69, 9.17) is 0 Å². The van der Waals surface area contributed by atoms with E-state index in [9.17, 15) is 18.3 Å². The summed E-state index contributed by atoms with van der Waals surface area (Å²) in [5.74, 6) is -2.30. The zero-order valence-corrected chi connectivity index (χ0v) is 14.5. The molecule has 1 aliphatic carbocycles. The number of nitrogens with zero attached hydrogens (tertiary/aromatic N) is 3. The molecule has 4 rings (SSSR count). The summed E-state index contributed by atoms with van der Waals surface area (Å²) in [4.78, 5) is 15.6. The van der Waals surface area contributed by atoms with Gasteiger partial charge in [-0.2, -0.15) is 8.42 Å². The van der Waals surface area contributed by atoms with Gasteiger partial charge in [0.15, 0.2) is 5.82 Å². The second-order valence-electron chi connectivity index (χ2n) is 6.48. The zero-order valence-electron chi connectivity index (χ0n) is 13.7. The molecule has 0 radical (unpaired) electrons. The van der Waals surface area contributed by atoms with Crippen molar-refractivity contribution in [3.63, 3.8) is 0 Å². The van der Waals surface area contributed by atoms with Gasteiger partial charge < -0.3 is 9.67 Å². The Morgan fingerprint density at radius 2 is 2.00 bits per heavy atom. The number of phenolic OH excluding ortho intramolecular Hbond substituents is 1. The van der Waals surface area contributed by atoms with Crippen molar-refractivity contribution in [3.05, 3.63) is 30.5 Å². The summed E-state index contributed by atoms with van der Waals surface area (Å²) in [5, 5.41) is 10.0. The van der Waals surface area contributed by atoms with Crippen molar-refractivity contribution >= 4 is 21.8 Å². The fraction of sp³-hybridized carbons (Fsp3) is 0.375. The first-order valence-electron chi connectivity index (χ1n) is 8.25. The van der Waals surface area contributed by atoms with Crippen LogP contribution in [0, 0.1) is 5.82 Å². The van der Waals surface area contributed by atoms with Gasteiger partial charge in [-0.25, -0.2) is 18.4 Å². The molecule has 1 saturated heterocycles. The number of amides is 1. The van der Waals surface area contributed by atoms with Gasteiger partial charge in [0.25, 0.3) is 5.91 Å². The highest BCUT2D eigenvalue weighted by molar-refractivity contribution is 7.92. The zero-order chi connectivity index (χ0) is 18.5. The van der Waals surface area contributed by atoms with Crippen LogP contribution in [-0.4, -0.2) is 35.5 Å². The molecule has 2 N–H and O–H groups in total. The van der Waals surface area contributed by atoms with Crippen molar-refractivity contribution in [2.24, 2.45) is 0 Å². The molecule has 138 valence electrons. The van der Waals surface area contributed by atoms with E-state index in [1.165, 1.54) is 12.1 Å². The van der Waals surface area contributed by atoms with Gasteiger partial charge in [-0.3, -0.25) is 4.79 Å². The number of aromatic nitrogens is 2. The lowest BCUT2D eigenvalue weighted by Gasteiger charge is -2.18. The predicted octanol–water partition coefficient (Wildman–Crippen LogP) is 1.69. The molecule has 2 heterocycles. The van der Waals surface area contributed by atoms with Gasteiger partial charge in [0.1, 0.15) is 18.0 Å². The summed E-state index contributed by atoms with van der Waals surface area (Å²) in [6.07, 6.45) is 7.72. The highest BCUT2D eigenvalue weighted by atomic mass is 32.2. The minimum atomic E-state index is -4.23.